The second kappa shape index (κ2) is 6.00. The molecule has 0 saturated heterocycles. The van der Waals surface area contributed by atoms with Gasteiger partial charge in [-0.2, -0.15) is 0 Å². The fraction of sp³-hybridized carbons (Fsp3) is 0.214. The number of rotatable bonds is 5. The van der Waals surface area contributed by atoms with E-state index in [-0.39, 0.29) is 18.1 Å². The van der Waals surface area contributed by atoms with E-state index >= 15 is 0 Å². The summed E-state index contributed by atoms with van der Waals surface area (Å²) in [5.74, 6) is -0.495. The summed E-state index contributed by atoms with van der Waals surface area (Å²) in [5, 5.41) is 2.77. The fourth-order valence-electron chi connectivity index (χ4n) is 1.72. The quantitative estimate of drug-likeness (QED) is 0.860. The molecule has 0 aliphatic carbocycles. The van der Waals surface area contributed by atoms with Crippen LogP contribution in [0.2, 0.25) is 0 Å². The summed E-state index contributed by atoms with van der Waals surface area (Å²) in [7, 11) is 0. The third kappa shape index (κ3) is 3.45. The maximum Gasteiger partial charge on any atom is 0.224 e. The van der Waals surface area contributed by atoms with Crippen LogP contribution in [0, 0.1) is 5.82 Å². The fourth-order valence-corrected chi connectivity index (χ4v) is 1.72. The summed E-state index contributed by atoms with van der Waals surface area (Å²) in [6.07, 6.45) is 3.95. The lowest BCUT2D eigenvalue weighted by Gasteiger charge is -2.06. The van der Waals surface area contributed by atoms with Crippen molar-refractivity contribution in [2.24, 2.45) is 0 Å². The molecule has 0 aliphatic rings. The normalized spacial score (nSPS) is 10.3. The van der Waals surface area contributed by atoms with Gasteiger partial charge in [0.1, 0.15) is 5.82 Å². The van der Waals surface area contributed by atoms with Crippen LogP contribution in [0.1, 0.15) is 5.56 Å². The van der Waals surface area contributed by atoms with E-state index in [4.69, 9.17) is 0 Å². The molecule has 0 unspecified atom stereocenters. The van der Waals surface area contributed by atoms with E-state index in [1.54, 1.807) is 18.2 Å². The van der Waals surface area contributed by atoms with Crippen molar-refractivity contribution in [1.82, 2.24) is 9.88 Å². The van der Waals surface area contributed by atoms with Gasteiger partial charge in [0.05, 0.1) is 6.42 Å². The molecular formula is C14H15FN2O. The standard InChI is InChI=1S/C14H15FN2O/c15-13-6-2-1-5-12(13)11-14(18)16-7-10-17-8-3-4-9-17/h1-6,8-9H,7,10-11H2,(H,16,18). The predicted octanol–water partition coefficient (Wildman–Crippen LogP) is 1.99. The molecule has 2 rings (SSSR count). The Morgan fingerprint density at radius 2 is 1.89 bits per heavy atom. The number of nitrogens with one attached hydrogen (secondary N) is 1. The van der Waals surface area contributed by atoms with Crippen LogP contribution in [-0.2, 0) is 17.8 Å². The van der Waals surface area contributed by atoms with Crippen LogP contribution in [0.15, 0.2) is 48.8 Å². The molecule has 3 nitrogen and oxygen atoms in total. The maximum atomic E-state index is 13.3. The van der Waals surface area contributed by atoms with Gasteiger partial charge < -0.3 is 9.88 Å². The highest BCUT2D eigenvalue weighted by molar-refractivity contribution is 5.78. The van der Waals surface area contributed by atoms with Crippen LogP contribution in [-0.4, -0.2) is 17.0 Å². The highest BCUT2D eigenvalue weighted by Gasteiger charge is 2.06. The lowest BCUT2D eigenvalue weighted by Crippen LogP contribution is -2.28. The van der Waals surface area contributed by atoms with Gasteiger partial charge in [-0.1, -0.05) is 18.2 Å². The number of benzene rings is 1. The van der Waals surface area contributed by atoms with E-state index < -0.39 is 0 Å². The molecule has 1 N–H and O–H groups in total. The first-order valence-electron chi connectivity index (χ1n) is 5.86. The Balaban J connectivity index is 1.77. The number of carbonyl (C=O) groups excluding carboxylic acids is 1. The van der Waals surface area contributed by atoms with Crippen LogP contribution in [0.25, 0.3) is 0 Å². The van der Waals surface area contributed by atoms with Gasteiger partial charge in [0.2, 0.25) is 5.91 Å². The lowest BCUT2D eigenvalue weighted by molar-refractivity contribution is -0.120. The zero-order valence-corrected chi connectivity index (χ0v) is 9.97. The van der Waals surface area contributed by atoms with E-state index in [9.17, 15) is 9.18 Å². The zero-order valence-electron chi connectivity index (χ0n) is 9.97. The van der Waals surface area contributed by atoms with Crippen molar-refractivity contribution < 1.29 is 9.18 Å². The Morgan fingerprint density at radius 3 is 2.61 bits per heavy atom. The Morgan fingerprint density at radius 1 is 1.17 bits per heavy atom. The van der Waals surface area contributed by atoms with E-state index in [1.807, 2.05) is 29.1 Å². The van der Waals surface area contributed by atoms with Gasteiger partial charge >= 0.3 is 0 Å². The lowest BCUT2D eigenvalue weighted by atomic mass is 10.1. The smallest absolute Gasteiger partial charge is 0.224 e. The summed E-state index contributed by atoms with van der Waals surface area (Å²) >= 11 is 0. The summed E-state index contributed by atoms with van der Waals surface area (Å²) in [6, 6.07) is 10.2. The third-order valence-electron chi connectivity index (χ3n) is 2.67. The molecule has 0 aliphatic heterocycles. The molecule has 1 aromatic heterocycles. The molecule has 18 heavy (non-hydrogen) atoms. The molecule has 1 amide bonds. The van der Waals surface area contributed by atoms with E-state index in [1.165, 1.54) is 6.07 Å². The van der Waals surface area contributed by atoms with Crippen LogP contribution < -0.4 is 5.32 Å². The first-order valence-corrected chi connectivity index (χ1v) is 5.86. The largest absolute Gasteiger partial charge is 0.354 e. The molecule has 0 bridgehead atoms. The maximum absolute atomic E-state index is 13.3. The van der Waals surface area contributed by atoms with Crippen LogP contribution in [0.5, 0.6) is 0 Å². The van der Waals surface area contributed by atoms with Gasteiger partial charge in [0.15, 0.2) is 0 Å². The molecule has 0 radical (unpaired) electrons. The Bertz CT molecular complexity index is 508. The Hall–Kier alpha value is -2.10. The van der Waals surface area contributed by atoms with Gasteiger partial charge in [0.25, 0.3) is 0 Å². The van der Waals surface area contributed by atoms with Gasteiger partial charge in [-0.05, 0) is 23.8 Å². The average molecular weight is 246 g/mol. The summed E-state index contributed by atoms with van der Waals surface area (Å²) < 4.78 is 15.3. The molecule has 0 atom stereocenters. The summed E-state index contributed by atoms with van der Waals surface area (Å²) in [6.45, 7) is 1.26. The van der Waals surface area contributed by atoms with Crippen molar-refractivity contribution >= 4 is 5.91 Å². The van der Waals surface area contributed by atoms with E-state index in [2.05, 4.69) is 5.32 Å². The SMILES string of the molecule is O=C(Cc1ccccc1F)NCCn1cccc1. The van der Waals surface area contributed by atoms with Crippen molar-refractivity contribution in [1.29, 1.82) is 0 Å². The topological polar surface area (TPSA) is 34.0 Å². The molecule has 94 valence electrons. The van der Waals surface area contributed by atoms with Gasteiger partial charge in [-0.15, -0.1) is 0 Å². The number of amides is 1. The zero-order chi connectivity index (χ0) is 12.8. The van der Waals surface area contributed by atoms with Crippen molar-refractivity contribution in [3.63, 3.8) is 0 Å². The number of carbonyl (C=O) groups is 1. The monoisotopic (exact) mass is 246 g/mol. The van der Waals surface area contributed by atoms with Crippen LogP contribution in [0.3, 0.4) is 0 Å². The van der Waals surface area contributed by atoms with E-state index in [0.717, 1.165) is 6.54 Å². The van der Waals surface area contributed by atoms with Crippen LogP contribution in [0.4, 0.5) is 4.39 Å². The highest BCUT2D eigenvalue weighted by atomic mass is 19.1. The second-order valence-corrected chi connectivity index (χ2v) is 4.04. The molecular weight excluding hydrogens is 231 g/mol. The Labute approximate surface area is 105 Å². The minimum atomic E-state index is -0.335. The first kappa shape index (κ1) is 12.4. The second-order valence-electron chi connectivity index (χ2n) is 4.04. The number of aromatic nitrogens is 1. The number of hydrogen-bond acceptors (Lipinski definition) is 1. The molecule has 2 aromatic rings. The van der Waals surface area contributed by atoms with E-state index in [0.29, 0.717) is 12.1 Å². The van der Waals surface area contributed by atoms with Crippen LogP contribution >= 0.6 is 0 Å². The van der Waals surface area contributed by atoms with Crippen molar-refractivity contribution in [3.05, 3.63) is 60.2 Å². The van der Waals surface area contributed by atoms with Gasteiger partial charge in [-0.25, -0.2) is 4.39 Å². The van der Waals surface area contributed by atoms with Crippen molar-refractivity contribution in [3.8, 4) is 0 Å². The minimum absolute atomic E-state index is 0.0817. The summed E-state index contributed by atoms with van der Waals surface area (Å²) in [4.78, 5) is 11.6. The number of nitrogens with zero attached hydrogens (tertiary/aromatic N) is 1. The van der Waals surface area contributed by atoms with Gasteiger partial charge in [-0.3, -0.25) is 4.79 Å². The number of halogens is 1. The molecule has 1 aromatic carbocycles. The summed E-state index contributed by atoms with van der Waals surface area (Å²) in [5.41, 5.74) is 0.427. The van der Waals surface area contributed by atoms with Crippen molar-refractivity contribution in [2.75, 3.05) is 6.54 Å². The number of hydrogen-bond donors (Lipinski definition) is 1. The third-order valence-corrected chi connectivity index (χ3v) is 2.67. The van der Waals surface area contributed by atoms with Crippen molar-refractivity contribution in [2.45, 2.75) is 13.0 Å². The molecule has 0 fully saturated rings. The average Bonchev–Trinajstić information content (AvgIpc) is 2.85. The predicted molar refractivity (Wildman–Crippen MR) is 67.5 cm³/mol. The highest BCUT2D eigenvalue weighted by Crippen LogP contribution is 2.06. The van der Waals surface area contributed by atoms with Gasteiger partial charge in [0, 0.05) is 25.5 Å². The molecule has 0 spiro atoms. The Kier molecular flexibility index (Phi) is 4.12. The first-order chi connectivity index (χ1) is 8.75. The minimum Gasteiger partial charge on any atom is -0.354 e. The molecule has 0 saturated carbocycles. The molecule has 1 heterocycles. The molecule has 4 heteroatoms.